The smallest absolute Gasteiger partial charge is 0.100 e. The van der Waals surface area contributed by atoms with E-state index in [1.165, 1.54) is 0 Å². The Morgan fingerprint density at radius 2 is 2.15 bits per heavy atom. The van der Waals surface area contributed by atoms with Crippen molar-refractivity contribution in [3.8, 4) is 0 Å². The predicted molar refractivity (Wildman–Crippen MR) is 57.6 cm³/mol. The van der Waals surface area contributed by atoms with Gasteiger partial charge in [-0.05, 0) is 32.3 Å². The lowest BCUT2D eigenvalue weighted by molar-refractivity contribution is 0.254. The second kappa shape index (κ2) is 6.71. The van der Waals surface area contributed by atoms with Gasteiger partial charge in [0.25, 0.3) is 0 Å². The van der Waals surface area contributed by atoms with Crippen molar-refractivity contribution in [3.63, 3.8) is 0 Å². The Balaban J connectivity index is 4.56. The molecule has 0 aliphatic carbocycles. The summed E-state index contributed by atoms with van der Waals surface area (Å²) in [5, 5.41) is 9.56. The first-order valence-electron chi connectivity index (χ1n) is 4.85. The zero-order valence-electron chi connectivity index (χ0n) is 8.93. The van der Waals surface area contributed by atoms with Gasteiger partial charge in [-0.2, -0.15) is 0 Å². The van der Waals surface area contributed by atoms with Crippen molar-refractivity contribution in [2.45, 2.75) is 46.1 Å². The molecule has 74 valence electrons. The Morgan fingerprint density at radius 1 is 1.54 bits per heavy atom. The lowest BCUT2D eigenvalue weighted by atomic mass is 10.0. The molecule has 0 amide bonds. The van der Waals surface area contributed by atoms with Crippen LogP contribution in [0.15, 0.2) is 29.5 Å². The van der Waals surface area contributed by atoms with Crippen molar-refractivity contribution < 1.29 is 5.11 Å². The fraction of sp³-hybridized carbons (Fsp3) is 0.583. The molecule has 0 rings (SSSR count). The molecule has 13 heavy (non-hydrogen) atoms. The van der Waals surface area contributed by atoms with E-state index in [1.54, 1.807) is 6.08 Å². The van der Waals surface area contributed by atoms with E-state index in [2.05, 4.69) is 19.2 Å². The fourth-order valence-electron chi connectivity index (χ4n) is 1.11. The normalized spacial score (nSPS) is 11.7. The number of aliphatic hydroxyl groups is 1. The first kappa shape index (κ1) is 12.2. The van der Waals surface area contributed by atoms with Crippen molar-refractivity contribution in [2.75, 3.05) is 0 Å². The molecule has 0 aliphatic heterocycles. The number of aliphatic hydroxyl groups excluding tert-OH is 1. The summed E-state index contributed by atoms with van der Waals surface area (Å²) in [6.07, 6.45) is 4.18. The quantitative estimate of drug-likeness (QED) is 0.509. The standard InChI is InChI=1S/C12H20O/c1-5-7-8-11(9-10(3)4)12(13)6-2/h6,12-13H,2,5,7-8H2,1,3-4H3. The molecule has 0 radical (unpaired) electrons. The van der Waals surface area contributed by atoms with Gasteiger partial charge < -0.3 is 5.11 Å². The Labute approximate surface area is 81.5 Å². The first-order valence-corrected chi connectivity index (χ1v) is 4.85. The highest BCUT2D eigenvalue weighted by molar-refractivity contribution is 5.15. The van der Waals surface area contributed by atoms with Crippen LogP contribution >= 0.6 is 0 Å². The second-order valence-corrected chi connectivity index (χ2v) is 3.43. The molecule has 0 heterocycles. The molecule has 0 saturated heterocycles. The Hall–Kier alpha value is -0.780. The van der Waals surface area contributed by atoms with E-state index in [0.29, 0.717) is 0 Å². The Morgan fingerprint density at radius 3 is 2.54 bits per heavy atom. The molecular formula is C12H20O. The minimum Gasteiger partial charge on any atom is -0.384 e. The molecular weight excluding hydrogens is 160 g/mol. The lowest BCUT2D eigenvalue weighted by Gasteiger charge is -2.07. The summed E-state index contributed by atoms with van der Waals surface area (Å²) >= 11 is 0. The number of unbranched alkanes of at least 4 members (excludes halogenated alkanes) is 1. The van der Waals surface area contributed by atoms with Gasteiger partial charge in [-0.1, -0.05) is 19.4 Å². The minimum absolute atomic E-state index is 0.526. The summed E-state index contributed by atoms with van der Waals surface area (Å²) in [5.41, 5.74) is 5.24. The summed E-state index contributed by atoms with van der Waals surface area (Å²) in [6.45, 7) is 9.69. The maximum atomic E-state index is 9.56. The van der Waals surface area contributed by atoms with Gasteiger partial charge in [0.05, 0.1) is 0 Å². The predicted octanol–water partition coefficient (Wildman–Crippen LogP) is 3.22. The summed E-state index contributed by atoms with van der Waals surface area (Å²) in [5.74, 6) is 0. The molecule has 0 aromatic rings. The van der Waals surface area contributed by atoms with Crippen LogP contribution in [0.5, 0.6) is 0 Å². The lowest BCUT2D eigenvalue weighted by Crippen LogP contribution is -2.05. The van der Waals surface area contributed by atoms with Gasteiger partial charge in [0, 0.05) is 5.57 Å². The van der Waals surface area contributed by atoms with Crippen LogP contribution in [0.4, 0.5) is 0 Å². The van der Waals surface area contributed by atoms with Gasteiger partial charge in [-0.25, -0.2) is 0 Å². The van der Waals surface area contributed by atoms with Crippen LogP contribution in [0.3, 0.4) is 0 Å². The number of hydrogen-bond donors (Lipinski definition) is 1. The third kappa shape index (κ3) is 5.46. The van der Waals surface area contributed by atoms with Gasteiger partial charge in [-0.3, -0.25) is 0 Å². The Bertz CT molecular complexity index is 215. The van der Waals surface area contributed by atoms with Crippen molar-refractivity contribution in [1.82, 2.24) is 0 Å². The monoisotopic (exact) mass is 180 g/mol. The van der Waals surface area contributed by atoms with E-state index >= 15 is 0 Å². The van der Waals surface area contributed by atoms with Crippen molar-refractivity contribution in [2.24, 2.45) is 0 Å². The molecule has 0 bridgehead atoms. The van der Waals surface area contributed by atoms with Crippen LogP contribution in [0.2, 0.25) is 0 Å². The number of hydrogen-bond acceptors (Lipinski definition) is 1. The second-order valence-electron chi connectivity index (χ2n) is 3.43. The molecule has 1 unspecified atom stereocenters. The van der Waals surface area contributed by atoms with E-state index in [0.717, 1.165) is 30.4 Å². The molecule has 1 nitrogen and oxygen atoms in total. The van der Waals surface area contributed by atoms with Crippen LogP contribution in [0, 0.1) is 0 Å². The minimum atomic E-state index is -0.526. The van der Waals surface area contributed by atoms with E-state index < -0.39 is 6.10 Å². The first-order chi connectivity index (χ1) is 6.11. The maximum absolute atomic E-state index is 9.56. The van der Waals surface area contributed by atoms with Crippen LogP contribution in [0.25, 0.3) is 0 Å². The molecule has 0 fully saturated rings. The average Bonchev–Trinajstić information content (AvgIpc) is 2.10. The van der Waals surface area contributed by atoms with E-state index in [1.807, 2.05) is 13.8 Å². The summed E-state index contributed by atoms with van der Waals surface area (Å²) in [4.78, 5) is 0. The van der Waals surface area contributed by atoms with Crippen LogP contribution in [0.1, 0.15) is 40.0 Å². The average molecular weight is 180 g/mol. The number of rotatable bonds is 5. The van der Waals surface area contributed by atoms with E-state index in [-0.39, 0.29) is 0 Å². The van der Waals surface area contributed by atoms with Gasteiger partial charge in [0.15, 0.2) is 0 Å². The largest absolute Gasteiger partial charge is 0.384 e. The highest BCUT2D eigenvalue weighted by Gasteiger charge is 2.04. The maximum Gasteiger partial charge on any atom is 0.100 e. The zero-order valence-corrected chi connectivity index (χ0v) is 8.93. The van der Waals surface area contributed by atoms with E-state index in [9.17, 15) is 5.11 Å². The summed E-state index contributed by atoms with van der Waals surface area (Å²) in [7, 11) is 0. The van der Waals surface area contributed by atoms with E-state index in [4.69, 9.17) is 0 Å². The zero-order chi connectivity index (χ0) is 10.3. The third-order valence-electron chi connectivity index (χ3n) is 1.79. The molecule has 0 aliphatic rings. The molecule has 0 aromatic carbocycles. The molecule has 0 aromatic heterocycles. The molecule has 0 saturated carbocycles. The third-order valence-corrected chi connectivity index (χ3v) is 1.79. The van der Waals surface area contributed by atoms with Crippen molar-refractivity contribution in [1.29, 1.82) is 0 Å². The van der Waals surface area contributed by atoms with Crippen molar-refractivity contribution in [3.05, 3.63) is 29.5 Å². The molecule has 1 N–H and O–H groups in total. The van der Waals surface area contributed by atoms with Gasteiger partial charge in [-0.15, -0.1) is 12.3 Å². The summed E-state index contributed by atoms with van der Waals surface area (Å²) < 4.78 is 0. The topological polar surface area (TPSA) is 20.2 Å². The highest BCUT2D eigenvalue weighted by Crippen LogP contribution is 2.12. The van der Waals surface area contributed by atoms with Crippen LogP contribution in [-0.2, 0) is 0 Å². The SMILES string of the molecule is C=CC(O)C(=C=C(C)C)CCCC. The van der Waals surface area contributed by atoms with Gasteiger partial charge in [0.2, 0.25) is 0 Å². The van der Waals surface area contributed by atoms with Crippen LogP contribution in [-0.4, -0.2) is 11.2 Å². The van der Waals surface area contributed by atoms with Crippen molar-refractivity contribution >= 4 is 0 Å². The molecule has 1 atom stereocenters. The molecule has 1 heteroatoms. The van der Waals surface area contributed by atoms with Gasteiger partial charge >= 0.3 is 0 Å². The van der Waals surface area contributed by atoms with Crippen LogP contribution < -0.4 is 0 Å². The summed E-state index contributed by atoms with van der Waals surface area (Å²) in [6, 6.07) is 0. The van der Waals surface area contributed by atoms with Gasteiger partial charge in [0.1, 0.15) is 6.10 Å². The molecule has 0 spiro atoms. The highest BCUT2D eigenvalue weighted by atomic mass is 16.3. The Kier molecular flexibility index (Phi) is 6.30. The fourth-order valence-corrected chi connectivity index (χ4v) is 1.11.